The van der Waals surface area contributed by atoms with Crippen molar-refractivity contribution in [3.8, 4) is 0 Å². The number of aliphatic hydroxyl groups excluding tert-OH is 1. The van der Waals surface area contributed by atoms with Crippen LogP contribution in [0.5, 0.6) is 0 Å². The van der Waals surface area contributed by atoms with Crippen molar-refractivity contribution < 1.29 is 10.2 Å². The molecule has 4 atom stereocenters. The molecule has 0 spiro atoms. The summed E-state index contributed by atoms with van der Waals surface area (Å²) >= 11 is 0. The lowest BCUT2D eigenvalue weighted by Crippen LogP contribution is -2.33. The molecule has 2 heteroatoms. The van der Waals surface area contributed by atoms with Crippen LogP contribution in [0.25, 0.3) is 0 Å². The van der Waals surface area contributed by atoms with Crippen molar-refractivity contribution in [2.45, 2.75) is 98.7 Å². The van der Waals surface area contributed by atoms with Crippen LogP contribution < -0.4 is 0 Å². The first kappa shape index (κ1) is 20.0. The van der Waals surface area contributed by atoms with Crippen LogP contribution in [0.15, 0.2) is 0 Å². The number of aliphatic hydroxyl groups is 2. The molecule has 1 rings (SSSR count). The number of rotatable bonds is 9. The molecule has 132 valence electrons. The Morgan fingerprint density at radius 2 is 1.68 bits per heavy atom. The molecule has 0 aromatic heterocycles. The maximum atomic E-state index is 8.99. The van der Waals surface area contributed by atoms with Gasteiger partial charge in [-0.05, 0) is 41.9 Å². The van der Waals surface area contributed by atoms with E-state index in [2.05, 4.69) is 34.6 Å². The summed E-state index contributed by atoms with van der Waals surface area (Å²) < 4.78 is 0. The average molecular weight is 313 g/mol. The smallest absolute Gasteiger partial charge is 0.151 e. The maximum absolute atomic E-state index is 8.99. The Balaban J connectivity index is 2.23. The third kappa shape index (κ3) is 7.00. The molecule has 0 heterocycles. The van der Waals surface area contributed by atoms with Gasteiger partial charge in [0.25, 0.3) is 0 Å². The molecule has 2 nitrogen and oxygen atoms in total. The highest BCUT2D eigenvalue weighted by molar-refractivity contribution is 4.86. The molecule has 0 amide bonds. The zero-order valence-corrected chi connectivity index (χ0v) is 15.6. The summed E-state index contributed by atoms with van der Waals surface area (Å²) in [5, 5.41) is 18.0. The van der Waals surface area contributed by atoms with Crippen LogP contribution in [-0.2, 0) is 0 Å². The van der Waals surface area contributed by atoms with Crippen LogP contribution in [-0.4, -0.2) is 16.5 Å². The van der Waals surface area contributed by atoms with Crippen molar-refractivity contribution in [3.63, 3.8) is 0 Å². The minimum Gasteiger partial charge on any atom is -0.368 e. The highest BCUT2D eigenvalue weighted by Gasteiger charge is 2.36. The van der Waals surface area contributed by atoms with Crippen LogP contribution in [0.3, 0.4) is 0 Å². The Kier molecular flexibility index (Phi) is 8.42. The second-order valence-corrected chi connectivity index (χ2v) is 8.90. The molecule has 0 aromatic carbocycles. The molecule has 1 aliphatic rings. The highest BCUT2D eigenvalue weighted by Crippen LogP contribution is 2.46. The van der Waals surface area contributed by atoms with E-state index in [0.717, 1.165) is 24.2 Å². The minimum absolute atomic E-state index is 0.421. The fraction of sp³-hybridized carbons (Fsp3) is 1.00. The molecule has 3 unspecified atom stereocenters. The van der Waals surface area contributed by atoms with Gasteiger partial charge < -0.3 is 10.2 Å². The van der Waals surface area contributed by atoms with E-state index >= 15 is 0 Å². The zero-order chi connectivity index (χ0) is 16.8. The Hall–Kier alpha value is -0.0800. The summed E-state index contributed by atoms with van der Waals surface area (Å²) in [5.74, 6) is 3.01. The van der Waals surface area contributed by atoms with E-state index in [0.29, 0.717) is 17.8 Å². The van der Waals surface area contributed by atoms with Gasteiger partial charge in [-0.2, -0.15) is 0 Å². The first-order chi connectivity index (χ1) is 10.2. The third-order valence-corrected chi connectivity index (χ3v) is 6.15. The first-order valence-corrected chi connectivity index (χ1v) is 9.58. The zero-order valence-electron chi connectivity index (χ0n) is 15.6. The highest BCUT2D eigenvalue weighted by atomic mass is 16.5. The summed E-state index contributed by atoms with van der Waals surface area (Å²) in [6, 6.07) is 0. The van der Waals surface area contributed by atoms with E-state index in [-0.39, 0.29) is 0 Å². The van der Waals surface area contributed by atoms with Crippen LogP contribution in [0, 0.1) is 29.1 Å². The van der Waals surface area contributed by atoms with Gasteiger partial charge in [0.2, 0.25) is 0 Å². The van der Waals surface area contributed by atoms with Crippen LogP contribution >= 0.6 is 0 Å². The van der Waals surface area contributed by atoms with E-state index in [1.807, 2.05) is 0 Å². The topological polar surface area (TPSA) is 40.5 Å². The van der Waals surface area contributed by atoms with Crippen LogP contribution in [0.2, 0.25) is 0 Å². The lowest BCUT2D eigenvalue weighted by molar-refractivity contribution is -0.0552. The van der Waals surface area contributed by atoms with Gasteiger partial charge in [-0.1, -0.05) is 73.1 Å². The van der Waals surface area contributed by atoms with Crippen molar-refractivity contribution in [1.82, 2.24) is 0 Å². The van der Waals surface area contributed by atoms with Gasteiger partial charge in [0.05, 0.1) is 0 Å². The Morgan fingerprint density at radius 1 is 1.05 bits per heavy atom. The SMILES string of the molecule is CC(CCCC(C)CC(O)O)CC[C@H]1C(C)CCCC1(C)C. The van der Waals surface area contributed by atoms with E-state index in [4.69, 9.17) is 10.2 Å². The van der Waals surface area contributed by atoms with Crippen molar-refractivity contribution in [3.05, 3.63) is 0 Å². The molecule has 0 aromatic rings. The summed E-state index contributed by atoms with van der Waals surface area (Å²) in [5.41, 5.74) is 0.531. The van der Waals surface area contributed by atoms with Gasteiger partial charge in [-0.25, -0.2) is 0 Å². The van der Waals surface area contributed by atoms with E-state index in [9.17, 15) is 0 Å². The lowest BCUT2D eigenvalue weighted by atomic mass is 9.62. The summed E-state index contributed by atoms with van der Waals surface area (Å²) in [6.45, 7) is 11.9. The van der Waals surface area contributed by atoms with Gasteiger partial charge in [0, 0.05) is 6.42 Å². The predicted octanol–water partition coefficient (Wildman–Crippen LogP) is 5.37. The normalized spacial score (nSPS) is 27.8. The Morgan fingerprint density at radius 3 is 2.27 bits per heavy atom. The summed E-state index contributed by atoms with van der Waals surface area (Å²) in [4.78, 5) is 0. The summed E-state index contributed by atoms with van der Waals surface area (Å²) in [6.07, 6.45) is 9.98. The second-order valence-electron chi connectivity index (χ2n) is 8.90. The lowest BCUT2D eigenvalue weighted by Gasteiger charge is -2.43. The molecule has 0 aliphatic heterocycles. The van der Waals surface area contributed by atoms with Gasteiger partial charge >= 0.3 is 0 Å². The number of hydrogen-bond acceptors (Lipinski definition) is 2. The quantitative estimate of drug-likeness (QED) is 0.562. The van der Waals surface area contributed by atoms with Gasteiger partial charge in [0.15, 0.2) is 6.29 Å². The fourth-order valence-electron chi connectivity index (χ4n) is 4.61. The molecule has 1 saturated carbocycles. The van der Waals surface area contributed by atoms with Crippen LogP contribution in [0.4, 0.5) is 0 Å². The fourth-order valence-corrected chi connectivity index (χ4v) is 4.61. The predicted molar refractivity (Wildman–Crippen MR) is 94.5 cm³/mol. The van der Waals surface area contributed by atoms with Crippen molar-refractivity contribution in [2.24, 2.45) is 29.1 Å². The summed E-state index contributed by atoms with van der Waals surface area (Å²) in [7, 11) is 0. The van der Waals surface area contributed by atoms with Crippen molar-refractivity contribution in [1.29, 1.82) is 0 Å². The van der Waals surface area contributed by atoms with Gasteiger partial charge in [0.1, 0.15) is 0 Å². The minimum atomic E-state index is -1.14. The van der Waals surface area contributed by atoms with E-state index in [1.54, 1.807) is 0 Å². The average Bonchev–Trinajstić information content (AvgIpc) is 2.36. The van der Waals surface area contributed by atoms with Crippen molar-refractivity contribution >= 4 is 0 Å². The molecule has 0 bridgehead atoms. The van der Waals surface area contributed by atoms with Crippen molar-refractivity contribution in [2.75, 3.05) is 0 Å². The molecule has 1 fully saturated rings. The molecule has 0 radical (unpaired) electrons. The van der Waals surface area contributed by atoms with E-state index in [1.165, 1.54) is 44.9 Å². The molecular weight excluding hydrogens is 272 g/mol. The Bertz CT molecular complexity index is 298. The molecule has 22 heavy (non-hydrogen) atoms. The van der Waals surface area contributed by atoms with E-state index < -0.39 is 6.29 Å². The van der Waals surface area contributed by atoms with Gasteiger partial charge in [-0.15, -0.1) is 0 Å². The maximum Gasteiger partial charge on any atom is 0.151 e. The molecule has 2 N–H and O–H groups in total. The third-order valence-electron chi connectivity index (χ3n) is 6.15. The molecule has 0 saturated heterocycles. The Labute approximate surface area is 138 Å². The van der Waals surface area contributed by atoms with Gasteiger partial charge in [-0.3, -0.25) is 0 Å². The monoisotopic (exact) mass is 312 g/mol. The molecular formula is C20H40O2. The molecule has 1 aliphatic carbocycles. The number of hydrogen-bond donors (Lipinski definition) is 2. The second kappa shape index (κ2) is 9.27. The first-order valence-electron chi connectivity index (χ1n) is 9.58. The largest absolute Gasteiger partial charge is 0.368 e. The standard InChI is InChI=1S/C20H40O2/c1-15(8-6-9-16(2)14-19(21)22)11-12-18-17(3)10-7-13-20(18,4)5/h15-19,21-22H,6-14H2,1-5H3/t15?,16?,17?,18-/m0/s1. The van der Waals surface area contributed by atoms with Crippen LogP contribution in [0.1, 0.15) is 92.4 Å².